The van der Waals surface area contributed by atoms with Crippen molar-refractivity contribution < 1.29 is 49.3 Å². The van der Waals surface area contributed by atoms with Crippen LogP contribution in [0, 0.1) is 10.8 Å². The van der Waals surface area contributed by atoms with Gasteiger partial charge in [-0.15, -0.1) is 0 Å². The maximum absolute atomic E-state index is 12.2. The smallest absolute Gasteiger partial charge is 0.316 e. The summed E-state index contributed by atoms with van der Waals surface area (Å²) in [6.45, 7) is 42.4. The maximum atomic E-state index is 12.2. The SMILES string of the molecule is CCC(C)(C)C(=O)Oc1cc(C(C)(C)O)cc(C(C)(C)O)c1.CCC(C)(C)C(=O)Oc1ccc(C(C)(C)O)cc1.CCC(C)c1ccc(C(C)(C)O)cc1.CCC(C)c1ccc(C(C)(C)OC)cc1.CCC(C)c1ccc(C2(O)CCCC2)cc1. The molecule has 474 valence electrons. The molecule has 5 aromatic rings. The van der Waals surface area contributed by atoms with Crippen LogP contribution in [0.3, 0.4) is 0 Å². The van der Waals surface area contributed by atoms with Crippen molar-refractivity contribution in [3.05, 3.63) is 165 Å². The van der Waals surface area contributed by atoms with Gasteiger partial charge in [0.2, 0.25) is 0 Å². The largest absolute Gasteiger partial charge is 0.426 e. The number of methoxy groups -OCH3 is 1. The number of esters is 2. The summed E-state index contributed by atoms with van der Waals surface area (Å²) in [5, 5.41) is 50.5. The van der Waals surface area contributed by atoms with Crippen molar-refractivity contribution in [2.75, 3.05) is 7.11 Å². The first kappa shape index (κ1) is 75.9. The molecule has 3 unspecified atom stereocenters. The van der Waals surface area contributed by atoms with E-state index in [0.717, 1.165) is 55.2 Å². The molecule has 5 aromatic carbocycles. The highest BCUT2D eigenvalue weighted by Crippen LogP contribution is 2.39. The topological polar surface area (TPSA) is 163 Å². The number of carbonyl (C=O) groups is 2. The zero-order valence-electron chi connectivity index (χ0n) is 56.8. The Hall–Kier alpha value is -5.20. The Balaban J connectivity index is 0.000000366. The molecule has 6 rings (SSSR count). The van der Waals surface area contributed by atoms with E-state index >= 15 is 0 Å². The van der Waals surface area contributed by atoms with Crippen molar-refractivity contribution in [2.24, 2.45) is 10.8 Å². The van der Waals surface area contributed by atoms with Crippen LogP contribution in [0.25, 0.3) is 0 Å². The van der Waals surface area contributed by atoms with E-state index in [1.807, 2.05) is 67.5 Å². The van der Waals surface area contributed by atoms with Gasteiger partial charge in [0, 0.05) is 7.11 Å². The number of hydrogen-bond acceptors (Lipinski definition) is 10. The van der Waals surface area contributed by atoms with Crippen molar-refractivity contribution >= 4 is 11.9 Å². The summed E-state index contributed by atoms with van der Waals surface area (Å²) in [5.41, 5.74) is 3.84. The lowest BCUT2D eigenvalue weighted by Gasteiger charge is -2.25. The minimum absolute atomic E-state index is 0.187. The quantitative estimate of drug-likeness (QED) is 0.0397. The van der Waals surface area contributed by atoms with Gasteiger partial charge in [-0.05, 0) is 240 Å². The Bertz CT molecular complexity index is 2720. The molecule has 0 spiro atoms. The fourth-order valence-corrected chi connectivity index (χ4v) is 8.70. The van der Waals surface area contributed by atoms with Gasteiger partial charge in [-0.2, -0.15) is 0 Å². The molecule has 0 aliphatic heterocycles. The van der Waals surface area contributed by atoms with Crippen molar-refractivity contribution in [2.45, 2.75) is 261 Å². The van der Waals surface area contributed by atoms with Crippen LogP contribution in [-0.2, 0) is 47.9 Å². The number of aliphatic hydroxyl groups is 5. The van der Waals surface area contributed by atoms with Crippen molar-refractivity contribution in [3.63, 3.8) is 0 Å². The highest BCUT2D eigenvalue weighted by atomic mass is 16.5. The van der Waals surface area contributed by atoms with Gasteiger partial charge in [-0.1, -0.05) is 153 Å². The summed E-state index contributed by atoms with van der Waals surface area (Å²) in [4.78, 5) is 24.1. The van der Waals surface area contributed by atoms with Crippen LogP contribution in [0.4, 0.5) is 0 Å². The van der Waals surface area contributed by atoms with Crippen LogP contribution in [0.2, 0.25) is 0 Å². The van der Waals surface area contributed by atoms with Gasteiger partial charge in [0.15, 0.2) is 0 Å². The fourth-order valence-electron chi connectivity index (χ4n) is 8.70. The average Bonchev–Trinajstić information content (AvgIpc) is 4.08. The van der Waals surface area contributed by atoms with Crippen LogP contribution in [0.5, 0.6) is 11.5 Å². The van der Waals surface area contributed by atoms with Crippen LogP contribution >= 0.6 is 0 Å². The van der Waals surface area contributed by atoms with Crippen LogP contribution in [-0.4, -0.2) is 44.6 Å². The maximum Gasteiger partial charge on any atom is 0.316 e. The average molecular weight is 1180 g/mol. The molecule has 1 saturated carbocycles. The third kappa shape index (κ3) is 24.1. The first-order valence-corrected chi connectivity index (χ1v) is 31.2. The molecule has 1 aliphatic carbocycles. The monoisotopic (exact) mass is 1170 g/mol. The molecular weight excluding hydrogens is 1060 g/mol. The summed E-state index contributed by atoms with van der Waals surface area (Å²) in [6, 6.07) is 37.6. The van der Waals surface area contributed by atoms with Gasteiger partial charge >= 0.3 is 11.9 Å². The van der Waals surface area contributed by atoms with E-state index < -0.39 is 38.8 Å². The molecule has 0 amide bonds. The molecule has 10 heteroatoms. The minimum Gasteiger partial charge on any atom is -0.426 e. The van der Waals surface area contributed by atoms with E-state index in [1.54, 1.807) is 91.1 Å². The van der Waals surface area contributed by atoms with Crippen LogP contribution < -0.4 is 9.47 Å². The molecule has 10 nitrogen and oxygen atoms in total. The molecule has 1 aliphatic rings. The Morgan fingerprint density at radius 1 is 0.435 bits per heavy atom. The molecule has 0 heterocycles. The predicted molar refractivity (Wildman–Crippen MR) is 351 cm³/mol. The second-order valence-electron chi connectivity index (χ2n) is 27.5. The van der Waals surface area contributed by atoms with Crippen LogP contribution in [0.1, 0.15) is 278 Å². The number of benzene rings is 5. The second kappa shape index (κ2) is 32.2. The van der Waals surface area contributed by atoms with E-state index in [4.69, 9.17) is 14.2 Å². The van der Waals surface area contributed by atoms with Crippen molar-refractivity contribution in [1.29, 1.82) is 0 Å². The predicted octanol–water partition coefficient (Wildman–Crippen LogP) is 18.2. The molecule has 0 saturated heterocycles. The summed E-state index contributed by atoms with van der Waals surface area (Å²) >= 11 is 0. The number of rotatable bonds is 19. The molecule has 85 heavy (non-hydrogen) atoms. The lowest BCUT2D eigenvalue weighted by Crippen LogP contribution is -2.28. The van der Waals surface area contributed by atoms with Gasteiger partial charge in [0.05, 0.1) is 44.4 Å². The molecular formula is C75H114O10. The third-order valence-electron chi connectivity index (χ3n) is 17.3. The zero-order chi connectivity index (χ0) is 65.2. The van der Waals surface area contributed by atoms with Crippen molar-refractivity contribution in [3.8, 4) is 11.5 Å². The first-order chi connectivity index (χ1) is 39.0. The van der Waals surface area contributed by atoms with E-state index in [0.29, 0.717) is 46.8 Å². The molecule has 0 radical (unpaired) electrons. The standard InChI is InChI=1S/C18H28O4.C15H22O3.C15H22O.C14H22O.C13H20O/c1-8-16(2,3)15(19)22-14-10-12(17(4,5)20)9-13(11-14)18(6,7)21;1-6-14(2,3)13(16)18-12-9-7-11(8-10-12)15(4,5)17;1-3-12(2)13-6-8-14(9-7-13)15(16)10-4-5-11-15;1-6-11(2)12-7-9-13(10-8-12)14(3,4)15-5;1-5-10(2)11-6-8-12(9-7-11)13(3,4)14/h9-11,20-21H,8H2,1-7H3;7-10,17H,6H2,1-5H3;6-9,12,16H,3-5,10-11H2,1-2H3;7-11H,6H2,1-5H3;6-10,14H,5H2,1-4H3. The highest BCUT2D eigenvalue weighted by Gasteiger charge is 2.33. The normalized spacial score (nSPS) is 14.7. The van der Waals surface area contributed by atoms with Gasteiger partial charge in [-0.25, -0.2) is 0 Å². The van der Waals surface area contributed by atoms with Gasteiger partial charge in [-0.3, -0.25) is 9.59 Å². The van der Waals surface area contributed by atoms with Gasteiger partial charge in [0.1, 0.15) is 11.5 Å². The van der Waals surface area contributed by atoms with Crippen LogP contribution in [0.15, 0.2) is 115 Å². The summed E-state index contributed by atoms with van der Waals surface area (Å²) in [5.74, 6) is 2.14. The number of carbonyl (C=O) groups excluding carboxylic acids is 2. The van der Waals surface area contributed by atoms with Crippen molar-refractivity contribution in [1.82, 2.24) is 0 Å². The lowest BCUT2D eigenvalue weighted by molar-refractivity contribution is -0.144. The molecule has 3 atom stereocenters. The fraction of sp³-hybridized carbons (Fsp3) is 0.573. The lowest BCUT2D eigenvalue weighted by atomic mass is 9.89. The Morgan fingerprint density at radius 3 is 1.02 bits per heavy atom. The summed E-state index contributed by atoms with van der Waals surface area (Å²) < 4.78 is 16.2. The van der Waals surface area contributed by atoms with E-state index in [9.17, 15) is 35.1 Å². The van der Waals surface area contributed by atoms with E-state index in [2.05, 4.69) is 116 Å². The Labute approximate surface area is 515 Å². The summed E-state index contributed by atoms with van der Waals surface area (Å²) in [6.07, 6.45) is 9.07. The third-order valence-corrected chi connectivity index (χ3v) is 17.3. The second-order valence-corrected chi connectivity index (χ2v) is 27.5. The Kier molecular flexibility index (Phi) is 28.7. The first-order valence-electron chi connectivity index (χ1n) is 31.2. The highest BCUT2D eigenvalue weighted by molar-refractivity contribution is 5.79. The molecule has 1 fully saturated rings. The molecule has 5 N–H and O–H groups in total. The minimum atomic E-state index is -1.09. The van der Waals surface area contributed by atoms with E-state index in [1.165, 1.54) is 35.1 Å². The molecule has 0 bridgehead atoms. The zero-order valence-corrected chi connectivity index (χ0v) is 56.8. The Morgan fingerprint density at radius 2 is 0.729 bits per heavy atom. The van der Waals surface area contributed by atoms with Gasteiger partial charge in [0.25, 0.3) is 0 Å². The number of hydrogen-bond donors (Lipinski definition) is 5. The van der Waals surface area contributed by atoms with Gasteiger partial charge < -0.3 is 39.7 Å². The number of ether oxygens (including phenoxy) is 3. The summed E-state index contributed by atoms with van der Waals surface area (Å²) in [7, 11) is 1.75. The van der Waals surface area contributed by atoms with E-state index in [-0.39, 0.29) is 17.5 Å². The molecule has 0 aromatic heterocycles.